The van der Waals surface area contributed by atoms with E-state index in [-0.39, 0.29) is 11.9 Å². The third-order valence-corrected chi connectivity index (χ3v) is 5.17. The minimum Gasteiger partial charge on any atom is -0.379 e. The topological polar surface area (TPSA) is 36.0 Å². The number of carbonyl (C=O) groups is 1. The molecule has 2 saturated heterocycles. The maximum Gasteiger partial charge on any atom is 0.241 e. The summed E-state index contributed by atoms with van der Waals surface area (Å²) in [6.45, 7) is 11.7. The molecule has 5 nitrogen and oxygen atoms in total. The first-order chi connectivity index (χ1) is 12.1. The van der Waals surface area contributed by atoms with E-state index in [1.165, 1.54) is 6.42 Å². The third-order valence-electron chi connectivity index (χ3n) is 5.17. The summed E-state index contributed by atoms with van der Waals surface area (Å²) in [7, 11) is 0. The van der Waals surface area contributed by atoms with Crippen molar-refractivity contribution in [3.05, 3.63) is 30.3 Å². The first-order valence-electron chi connectivity index (χ1n) is 9.53. The summed E-state index contributed by atoms with van der Waals surface area (Å²) in [5.74, 6) is 0.878. The number of para-hydroxylation sites is 1. The molecule has 0 spiro atoms. The van der Waals surface area contributed by atoms with Crippen molar-refractivity contribution in [2.45, 2.75) is 26.3 Å². The van der Waals surface area contributed by atoms with Gasteiger partial charge in [-0.2, -0.15) is 0 Å². The molecule has 3 rings (SSSR count). The molecule has 2 aliphatic rings. The lowest BCUT2D eigenvalue weighted by Crippen LogP contribution is -2.44. The molecular weight excluding hydrogens is 314 g/mol. The van der Waals surface area contributed by atoms with E-state index in [2.05, 4.69) is 23.6 Å². The third kappa shape index (κ3) is 5.03. The van der Waals surface area contributed by atoms with E-state index < -0.39 is 0 Å². The van der Waals surface area contributed by atoms with Crippen molar-refractivity contribution < 1.29 is 9.53 Å². The molecule has 2 fully saturated rings. The van der Waals surface area contributed by atoms with Gasteiger partial charge in [-0.05, 0) is 44.9 Å². The molecule has 2 heterocycles. The molecule has 2 aliphatic heterocycles. The van der Waals surface area contributed by atoms with E-state index in [0.29, 0.717) is 12.5 Å². The van der Waals surface area contributed by atoms with Crippen molar-refractivity contribution in [3.8, 4) is 0 Å². The summed E-state index contributed by atoms with van der Waals surface area (Å²) in [5, 5.41) is 0. The van der Waals surface area contributed by atoms with Gasteiger partial charge in [-0.25, -0.2) is 0 Å². The average Bonchev–Trinajstić information content (AvgIpc) is 3.03. The fourth-order valence-corrected chi connectivity index (χ4v) is 3.94. The van der Waals surface area contributed by atoms with Crippen LogP contribution in [-0.2, 0) is 9.53 Å². The molecule has 1 unspecified atom stereocenters. The number of carbonyl (C=O) groups excluding carboxylic acids is 1. The van der Waals surface area contributed by atoms with Crippen LogP contribution in [0, 0.1) is 5.92 Å². The standard InChI is InChI=1S/C20H31N3O2/c1-17(2)23(19-6-4-3-5-7-19)20(24)16-22-9-8-18(15-22)14-21-10-12-25-13-11-21/h3-7,17-18H,8-16H2,1-2H3. The van der Waals surface area contributed by atoms with Crippen LogP contribution in [0.1, 0.15) is 20.3 Å². The molecule has 0 bridgehead atoms. The van der Waals surface area contributed by atoms with E-state index >= 15 is 0 Å². The van der Waals surface area contributed by atoms with Crippen LogP contribution in [0.25, 0.3) is 0 Å². The van der Waals surface area contributed by atoms with Crippen molar-refractivity contribution in [1.82, 2.24) is 9.80 Å². The van der Waals surface area contributed by atoms with E-state index in [0.717, 1.165) is 51.6 Å². The molecule has 1 aromatic rings. The van der Waals surface area contributed by atoms with Gasteiger partial charge in [0.15, 0.2) is 0 Å². The smallest absolute Gasteiger partial charge is 0.241 e. The van der Waals surface area contributed by atoms with Crippen LogP contribution in [-0.4, -0.2) is 74.2 Å². The second kappa shape index (κ2) is 8.79. The fraction of sp³-hybridized carbons (Fsp3) is 0.650. The van der Waals surface area contributed by atoms with Crippen LogP contribution < -0.4 is 4.90 Å². The zero-order chi connectivity index (χ0) is 17.6. The van der Waals surface area contributed by atoms with Crippen molar-refractivity contribution in [3.63, 3.8) is 0 Å². The molecule has 138 valence electrons. The fourth-order valence-electron chi connectivity index (χ4n) is 3.94. The zero-order valence-corrected chi connectivity index (χ0v) is 15.6. The molecule has 1 amide bonds. The van der Waals surface area contributed by atoms with Gasteiger partial charge in [0.2, 0.25) is 5.91 Å². The summed E-state index contributed by atoms with van der Waals surface area (Å²) >= 11 is 0. The van der Waals surface area contributed by atoms with Gasteiger partial charge in [0, 0.05) is 37.9 Å². The number of ether oxygens (including phenoxy) is 1. The quantitative estimate of drug-likeness (QED) is 0.791. The number of hydrogen-bond donors (Lipinski definition) is 0. The first-order valence-corrected chi connectivity index (χ1v) is 9.53. The predicted molar refractivity (Wildman–Crippen MR) is 101 cm³/mol. The van der Waals surface area contributed by atoms with Crippen LogP contribution in [0.15, 0.2) is 30.3 Å². The number of nitrogens with zero attached hydrogens (tertiary/aromatic N) is 3. The van der Waals surface area contributed by atoms with Gasteiger partial charge in [0.25, 0.3) is 0 Å². The second-order valence-electron chi connectivity index (χ2n) is 7.50. The van der Waals surface area contributed by atoms with Gasteiger partial charge in [-0.3, -0.25) is 14.6 Å². The predicted octanol–water partition coefficient (Wildman–Crippen LogP) is 2.08. The first kappa shape index (κ1) is 18.4. The number of likely N-dealkylation sites (tertiary alicyclic amines) is 1. The minimum atomic E-state index is 0.168. The van der Waals surface area contributed by atoms with Crippen LogP contribution in [0.5, 0.6) is 0 Å². The van der Waals surface area contributed by atoms with E-state index in [1.54, 1.807) is 0 Å². The Hall–Kier alpha value is -1.43. The van der Waals surface area contributed by atoms with Gasteiger partial charge in [0.1, 0.15) is 0 Å². The van der Waals surface area contributed by atoms with Gasteiger partial charge >= 0.3 is 0 Å². The lowest BCUT2D eigenvalue weighted by molar-refractivity contribution is -0.119. The van der Waals surface area contributed by atoms with E-state index in [4.69, 9.17) is 4.74 Å². The minimum absolute atomic E-state index is 0.168. The maximum atomic E-state index is 12.9. The normalized spacial score (nSPS) is 22.4. The highest BCUT2D eigenvalue weighted by Crippen LogP contribution is 2.21. The second-order valence-corrected chi connectivity index (χ2v) is 7.50. The molecule has 5 heteroatoms. The maximum absolute atomic E-state index is 12.9. The van der Waals surface area contributed by atoms with E-state index in [9.17, 15) is 4.79 Å². The lowest BCUT2D eigenvalue weighted by atomic mass is 10.1. The molecule has 0 aliphatic carbocycles. The zero-order valence-electron chi connectivity index (χ0n) is 15.6. The van der Waals surface area contributed by atoms with Crippen LogP contribution in [0.3, 0.4) is 0 Å². The average molecular weight is 345 g/mol. The van der Waals surface area contributed by atoms with Crippen LogP contribution in [0.2, 0.25) is 0 Å². The molecule has 25 heavy (non-hydrogen) atoms. The molecule has 1 atom stereocenters. The summed E-state index contributed by atoms with van der Waals surface area (Å²) in [5.41, 5.74) is 0.992. The van der Waals surface area contributed by atoms with Crippen molar-refractivity contribution in [2.24, 2.45) is 5.92 Å². The highest BCUT2D eigenvalue weighted by molar-refractivity contribution is 5.95. The van der Waals surface area contributed by atoms with Crippen molar-refractivity contribution >= 4 is 11.6 Å². The SMILES string of the molecule is CC(C)N(C(=O)CN1CCC(CN2CCOCC2)C1)c1ccccc1. The van der Waals surface area contributed by atoms with Crippen LogP contribution >= 0.6 is 0 Å². The number of rotatable bonds is 6. The molecule has 1 aromatic carbocycles. The Kier molecular flexibility index (Phi) is 6.45. The Morgan fingerprint density at radius 3 is 2.56 bits per heavy atom. The summed E-state index contributed by atoms with van der Waals surface area (Å²) in [4.78, 5) is 19.7. The highest BCUT2D eigenvalue weighted by atomic mass is 16.5. The largest absolute Gasteiger partial charge is 0.379 e. The molecule has 0 N–H and O–H groups in total. The van der Waals surface area contributed by atoms with Crippen LogP contribution in [0.4, 0.5) is 5.69 Å². The number of hydrogen-bond acceptors (Lipinski definition) is 4. The number of amides is 1. The Morgan fingerprint density at radius 1 is 1.16 bits per heavy atom. The monoisotopic (exact) mass is 345 g/mol. The van der Waals surface area contributed by atoms with Gasteiger partial charge < -0.3 is 9.64 Å². The Morgan fingerprint density at radius 2 is 1.88 bits per heavy atom. The van der Waals surface area contributed by atoms with Crippen molar-refractivity contribution in [1.29, 1.82) is 0 Å². The van der Waals surface area contributed by atoms with Crippen molar-refractivity contribution in [2.75, 3.05) is 57.4 Å². The molecular formula is C20H31N3O2. The lowest BCUT2D eigenvalue weighted by Gasteiger charge is -2.30. The van der Waals surface area contributed by atoms with E-state index in [1.807, 2.05) is 35.2 Å². The Labute approximate surface area is 151 Å². The summed E-state index contributed by atoms with van der Waals surface area (Å²) in [6.07, 6.45) is 1.19. The Balaban J connectivity index is 1.52. The molecule has 0 saturated carbocycles. The number of anilines is 1. The summed E-state index contributed by atoms with van der Waals surface area (Å²) < 4.78 is 5.43. The highest BCUT2D eigenvalue weighted by Gasteiger charge is 2.28. The van der Waals surface area contributed by atoms with Gasteiger partial charge in [-0.15, -0.1) is 0 Å². The van der Waals surface area contributed by atoms with Gasteiger partial charge in [-0.1, -0.05) is 18.2 Å². The van der Waals surface area contributed by atoms with Gasteiger partial charge in [0.05, 0.1) is 19.8 Å². The summed E-state index contributed by atoms with van der Waals surface area (Å²) in [6, 6.07) is 10.2. The number of morpholine rings is 1. The Bertz CT molecular complexity index is 543. The molecule has 0 radical (unpaired) electrons. The molecule has 0 aromatic heterocycles. The number of benzene rings is 1.